The number of aromatic nitrogens is 2. The normalized spacial score (nSPS) is 20.9. The molecule has 0 aromatic carbocycles. The zero-order chi connectivity index (χ0) is 9.97. The minimum atomic E-state index is 0.198. The largest absolute Gasteiger partial charge is 0.339 e. The molecule has 1 aliphatic heterocycles. The Morgan fingerprint density at radius 1 is 1.64 bits per heavy atom. The fraction of sp³-hybridized carbons (Fsp3) is 0.444. The van der Waals surface area contributed by atoms with Crippen LogP contribution in [0.5, 0.6) is 0 Å². The van der Waals surface area contributed by atoms with E-state index in [9.17, 15) is 0 Å². The molecule has 1 atom stereocenters. The van der Waals surface area contributed by atoms with Crippen molar-refractivity contribution >= 4 is 5.95 Å². The zero-order valence-corrected chi connectivity index (χ0v) is 7.72. The number of nitrogens with two attached hydrogens (primary N) is 1. The Morgan fingerprint density at radius 3 is 3.14 bits per heavy atom. The van der Waals surface area contributed by atoms with Crippen molar-refractivity contribution in [3.63, 3.8) is 0 Å². The topological polar surface area (TPSA) is 78.8 Å². The van der Waals surface area contributed by atoms with E-state index in [4.69, 9.17) is 11.0 Å². The summed E-state index contributed by atoms with van der Waals surface area (Å²) in [5, 5.41) is 8.67. The molecule has 0 saturated carbocycles. The average molecular weight is 189 g/mol. The Hall–Kier alpha value is -1.67. The summed E-state index contributed by atoms with van der Waals surface area (Å²) in [7, 11) is 0. The molecule has 0 amide bonds. The summed E-state index contributed by atoms with van der Waals surface area (Å²) >= 11 is 0. The van der Waals surface area contributed by atoms with E-state index in [1.165, 1.54) is 0 Å². The summed E-state index contributed by atoms with van der Waals surface area (Å²) in [6.45, 7) is 1.64. The highest BCUT2D eigenvalue weighted by Crippen LogP contribution is 2.14. The van der Waals surface area contributed by atoms with Gasteiger partial charge in [0.15, 0.2) is 0 Å². The van der Waals surface area contributed by atoms with Gasteiger partial charge in [-0.2, -0.15) is 5.26 Å². The van der Waals surface area contributed by atoms with Gasteiger partial charge in [0.2, 0.25) is 5.95 Å². The van der Waals surface area contributed by atoms with Crippen LogP contribution >= 0.6 is 0 Å². The van der Waals surface area contributed by atoms with Crippen LogP contribution in [0, 0.1) is 11.3 Å². The quantitative estimate of drug-likeness (QED) is 0.666. The van der Waals surface area contributed by atoms with Gasteiger partial charge >= 0.3 is 0 Å². The molecule has 2 rings (SSSR count). The van der Waals surface area contributed by atoms with E-state index in [1.807, 2.05) is 11.0 Å². The maximum atomic E-state index is 8.67. The second-order valence-electron chi connectivity index (χ2n) is 3.35. The van der Waals surface area contributed by atoms with Crippen LogP contribution in [0.3, 0.4) is 0 Å². The number of hydrogen-bond acceptors (Lipinski definition) is 5. The molecule has 1 fully saturated rings. The number of hydrogen-bond donors (Lipinski definition) is 1. The zero-order valence-electron chi connectivity index (χ0n) is 7.72. The Morgan fingerprint density at radius 2 is 2.50 bits per heavy atom. The van der Waals surface area contributed by atoms with Gasteiger partial charge in [-0.15, -0.1) is 0 Å². The lowest BCUT2D eigenvalue weighted by Gasteiger charge is -2.14. The number of rotatable bonds is 1. The van der Waals surface area contributed by atoms with Crippen LogP contribution in [0.25, 0.3) is 0 Å². The number of anilines is 1. The summed E-state index contributed by atoms with van der Waals surface area (Å²) in [4.78, 5) is 10.2. The highest BCUT2D eigenvalue weighted by molar-refractivity contribution is 5.35. The van der Waals surface area contributed by atoms with Gasteiger partial charge < -0.3 is 10.6 Å². The number of nitrogens with zero attached hydrogens (tertiary/aromatic N) is 4. The van der Waals surface area contributed by atoms with Gasteiger partial charge in [-0.3, -0.25) is 0 Å². The predicted octanol–water partition coefficient (Wildman–Crippen LogP) is -0.114. The van der Waals surface area contributed by atoms with Crippen molar-refractivity contribution in [3.8, 4) is 6.07 Å². The molecule has 2 heterocycles. The molecule has 0 bridgehead atoms. The molecule has 1 saturated heterocycles. The van der Waals surface area contributed by atoms with E-state index in [-0.39, 0.29) is 6.04 Å². The minimum absolute atomic E-state index is 0.198. The van der Waals surface area contributed by atoms with Gasteiger partial charge in [0, 0.05) is 25.3 Å². The summed E-state index contributed by atoms with van der Waals surface area (Å²) in [6.07, 6.45) is 2.56. The fourth-order valence-corrected chi connectivity index (χ4v) is 1.53. The van der Waals surface area contributed by atoms with Crippen molar-refractivity contribution in [1.29, 1.82) is 5.26 Å². The molecule has 0 unspecified atom stereocenters. The molecule has 14 heavy (non-hydrogen) atoms. The Labute approximate surface area is 82.2 Å². The van der Waals surface area contributed by atoms with Crippen LogP contribution in [0.1, 0.15) is 12.1 Å². The summed E-state index contributed by atoms with van der Waals surface area (Å²) in [6, 6.07) is 3.79. The van der Waals surface area contributed by atoms with E-state index in [0.29, 0.717) is 11.6 Å². The fourth-order valence-electron chi connectivity index (χ4n) is 1.53. The second-order valence-corrected chi connectivity index (χ2v) is 3.35. The molecule has 1 aromatic rings. The van der Waals surface area contributed by atoms with Gasteiger partial charge in [0.05, 0.1) is 0 Å². The Balaban J connectivity index is 2.20. The first-order valence-electron chi connectivity index (χ1n) is 4.53. The van der Waals surface area contributed by atoms with Crippen LogP contribution in [-0.2, 0) is 0 Å². The molecule has 5 heteroatoms. The molecular formula is C9H11N5. The van der Waals surface area contributed by atoms with Gasteiger partial charge in [0.1, 0.15) is 11.8 Å². The molecule has 0 radical (unpaired) electrons. The van der Waals surface area contributed by atoms with Gasteiger partial charge in [-0.1, -0.05) is 0 Å². The third-order valence-electron chi connectivity index (χ3n) is 2.26. The second kappa shape index (κ2) is 3.60. The smallest absolute Gasteiger partial charge is 0.226 e. The Kier molecular flexibility index (Phi) is 2.29. The molecule has 5 nitrogen and oxygen atoms in total. The summed E-state index contributed by atoms with van der Waals surface area (Å²) in [5.41, 5.74) is 6.17. The first-order valence-corrected chi connectivity index (χ1v) is 4.53. The van der Waals surface area contributed by atoms with Crippen LogP contribution < -0.4 is 10.6 Å². The van der Waals surface area contributed by atoms with Gasteiger partial charge in [-0.05, 0) is 12.5 Å². The molecule has 72 valence electrons. The van der Waals surface area contributed by atoms with Crippen molar-refractivity contribution < 1.29 is 0 Å². The standard InChI is InChI=1S/C9H11N5/c10-5-8-1-3-12-9(13-8)14-4-2-7(11)6-14/h1,3,7H,2,4,6,11H2/t7-/m1/s1. The molecule has 0 aliphatic carbocycles. The van der Waals surface area contributed by atoms with Gasteiger partial charge in [-0.25, -0.2) is 9.97 Å². The van der Waals surface area contributed by atoms with E-state index in [2.05, 4.69) is 9.97 Å². The van der Waals surface area contributed by atoms with E-state index < -0.39 is 0 Å². The minimum Gasteiger partial charge on any atom is -0.339 e. The van der Waals surface area contributed by atoms with Crippen LogP contribution in [-0.4, -0.2) is 29.1 Å². The number of nitriles is 1. The Bertz CT molecular complexity index is 370. The van der Waals surface area contributed by atoms with E-state index in [1.54, 1.807) is 12.3 Å². The monoisotopic (exact) mass is 189 g/mol. The van der Waals surface area contributed by atoms with Crippen molar-refractivity contribution in [1.82, 2.24) is 9.97 Å². The van der Waals surface area contributed by atoms with Crippen molar-refractivity contribution in [2.24, 2.45) is 5.73 Å². The molecule has 2 N–H and O–H groups in total. The molecule has 1 aromatic heterocycles. The first-order chi connectivity index (χ1) is 6.79. The SMILES string of the molecule is N#Cc1ccnc(N2CC[C@@H](N)C2)n1. The third-order valence-corrected chi connectivity index (χ3v) is 2.26. The lowest BCUT2D eigenvalue weighted by molar-refractivity contribution is 0.750. The maximum Gasteiger partial charge on any atom is 0.226 e. The van der Waals surface area contributed by atoms with E-state index in [0.717, 1.165) is 19.5 Å². The van der Waals surface area contributed by atoms with Gasteiger partial charge in [0.25, 0.3) is 0 Å². The summed E-state index contributed by atoms with van der Waals surface area (Å²) < 4.78 is 0. The lowest BCUT2D eigenvalue weighted by Crippen LogP contribution is -2.27. The van der Waals surface area contributed by atoms with Crippen LogP contribution in [0.4, 0.5) is 5.95 Å². The maximum absolute atomic E-state index is 8.67. The highest BCUT2D eigenvalue weighted by atomic mass is 15.3. The van der Waals surface area contributed by atoms with Crippen LogP contribution in [0.2, 0.25) is 0 Å². The third kappa shape index (κ3) is 1.65. The average Bonchev–Trinajstić information content (AvgIpc) is 2.65. The van der Waals surface area contributed by atoms with E-state index >= 15 is 0 Å². The van der Waals surface area contributed by atoms with Crippen LogP contribution in [0.15, 0.2) is 12.3 Å². The highest BCUT2D eigenvalue weighted by Gasteiger charge is 2.21. The van der Waals surface area contributed by atoms with Crippen molar-refractivity contribution in [2.45, 2.75) is 12.5 Å². The predicted molar refractivity (Wildman–Crippen MR) is 51.6 cm³/mol. The lowest BCUT2D eigenvalue weighted by atomic mass is 10.3. The van der Waals surface area contributed by atoms with Crippen molar-refractivity contribution in [3.05, 3.63) is 18.0 Å². The van der Waals surface area contributed by atoms with Crippen molar-refractivity contribution in [2.75, 3.05) is 18.0 Å². The molecular weight excluding hydrogens is 178 g/mol. The molecule has 1 aliphatic rings. The molecule has 0 spiro atoms. The summed E-state index contributed by atoms with van der Waals surface area (Å²) in [5.74, 6) is 0.608. The first kappa shape index (κ1) is 8.91.